The van der Waals surface area contributed by atoms with Gasteiger partial charge in [-0.25, -0.2) is 0 Å². The number of hydrogen-bond acceptors (Lipinski definition) is 4. The second-order valence-electron chi connectivity index (χ2n) is 5.35. The number of nitrogens with one attached hydrogen (secondary N) is 1. The molecule has 6 heteroatoms. The van der Waals surface area contributed by atoms with Gasteiger partial charge in [-0.05, 0) is 32.9 Å². The van der Waals surface area contributed by atoms with Crippen LogP contribution in [0, 0.1) is 0 Å². The molecule has 2 aromatic rings. The molecule has 1 aromatic heterocycles. The molecule has 1 heterocycles. The molecule has 0 saturated carbocycles. The van der Waals surface area contributed by atoms with Crippen molar-refractivity contribution in [3.8, 4) is 0 Å². The Hall–Kier alpha value is -2.21. The number of aliphatic hydroxyl groups is 1. The summed E-state index contributed by atoms with van der Waals surface area (Å²) in [5, 5.41) is 16.6. The average molecular weight is 289 g/mol. The van der Waals surface area contributed by atoms with Crippen LogP contribution >= 0.6 is 0 Å². The summed E-state index contributed by atoms with van der Waals surface area (Å²) in [6.07, 6.45) is -0.670. The molecule has 0 bridgehead atoms. The number of para-hydroxylation sites is 1. The molecule has 1 aromatic carbocycles. The van der Waals surface area contributed by atoms with Crippen LogP contribution in [-0.4, -0.2) is 44.8 Å². The first kappa shape index (κ1) is 15.2. The predicted octanol–water partition coefficient (Wildman–Crippen LogP) is 1.15. The highest BCUT2D eigenvalue weighted by molar-refractivity contribution is 5.95. The molecule has 2 rings (SSSR count). The zero-order chi connectivity index (χ0) is 15.6. The van der Waals surface area contributed by atoms with Gasteiger partial charge in [-0.15, -0.1) is 0 Å². The number of aromatic amines is 1. The van der Waals surface area contributed by atoms with Crippen molar-refractivity contribution in [2.75, 3.05) is 6.54 Å². The molecular weight excluding hydrogens is 270 g/mol. The number of hydrogen-bond donors (Lipinski definition) is 2. The van der Waals surface area contributed by atoms with E-state index in [0.29, 0.717) is 10.9 Å². The van der Waals surface area contributed by atoms with E-state index in [4.69, 9.17) is 0 Å². The van der Waals surface area contributed by atoms with Gasteiger partial charge in [0.2, 0.25) is 5.43 Å². The molecule has 0 aliphatic carbocycles. The maximum absolute atomic E-state index is 12.5. The summed E-state index contributed by atoms with van der Waals surface area (Å²) in [6.45, 7) is 5.41. The van der Waals surface area contributed by atoms with E-state index in [2.05, 4.69) is 10.2 Å². The van der Waals surface area contributed by atoms with Crippen LogP contribution in [0.15, 0.2) is 29.1 Å². The topological polar surface area (TPSA) is 86.3 Å². The minimum atomic E-state index is -0.670. The van der Waals surface area contributed by atoms with Crippen molar-refractivity contribution in [3.63, 3.8) is 0 Å². The summed E-state index contributed by atoms with van der Waals surface area (Å²) in [7, 11) is 0. The number of benzene rings is 1. The van der Waals surface area contributed by atoms with Gasteiger partial charge in [0.25, 0.3) is 5.91 Å². The number of aliphatic hydroxyl groups excluding tert-OH is 1. The quantitative estimate of drug-likeness (QED) is 0.884. The molecule has 0 saturated heterocycles. The van der Waals surface area contributed by atoms with Gasteiger partial charge in [0.15, 0.2) is 5.69 Å². The Morgan fingerprint density at radius 3 is 2.62 bits per heavy atom. The molecule has 0 aliphatic rings. The fraction of sp³-hybridized carbons (Fsp3) is 0.400. The largest absolute Gasteiger partial charge is 0.392 e. The van der Waals surface area contributed by atoms with Crippen LogP contribution in [0.3, 0.4) is 0 Å². The number of carbonyl (C=O) groups is 1. The van der Waals surface area contributed by atoms with E-state index < -0.39 is 17.4 Å². The summed E-state index contributed by atoms with van der Waals surface area (Å²) >= 11 is 0. The lowest BCUT2D eigenvalue weighted by molar-refractivity contribution is 0.0571. The normalized spacial score (nSPS) is 12.6. The molecule has 6 nitrogen and oxygen atoms in total. The fourth-order valence-corrected chi connectivity index (χ4v) is 2.17. The van der Waals surface area contributed by atoms with E-state index in [1.54, 1.807) is 31.2 Å². The Bertz CT molecular complexity index is 707. The SMILES string of the molecule is CC(O)CN(C(=O)c1n[nH]c2ccccc2c1=O)C(C)C. The van der Waals surface area contributed by atoms with E-state index >= 15 is 0 Å². The minimum absolute atomic E-state index is 0.139. The maximum atomic E-state index is 12.5. The van der Waals surface area contributed by atoms with Crippen molar-refractivity contribution >= 4 is 16.8 Å². The molecule has 0 radical (unpaired) electrons. The van der Waals surface area contributed by atoms with Gasteiger partial charge in [-0.3, -0.25) is 14.7 Å². The second-order valence-corrected chi connectivity index (χ2v) is 5.35. The van der Waals surface area contributed by atoms with Gasteiger partial charge in [0.05, 0.1) is 11.6 Å². The van der Waals surface area contributed by atoms with Crippen LogP contribution in [0.25, 0.3) is 10.9 Å². The smallest absolute Gasteiger partial charge is 0.278 e. The lowest BCUT2D eigenvalue weighted by atomic mass is 10.1. The van der Waals surface area contributed by atoms with Crippen LogP contribution in [0.5, 0.6) is 0 Å². The highest BCUT2D eigenvalue weighted by atomic mass is 16.3. The summed E-state index contributed by atoms with van der Waals surface area (Å²) in [5.74, 6) is -0.474. The third kappa shape index (κ3) is 3.11. The average Bonchev–Trinajstić information content (AvgIpc) is 2.44. The van der Waals surface area contributed by atoms with E-state index in [1.807, 2.05) is 13.8 Å². The number of H-pyrrole nitrogens is 1. The zero-order valence-electron chi connectivity index (χ0n) is 12.3. The molecule has 0 fully saturated rings. The van der Waals surface area contributed by atoms with E-state index in [9.17, 15) is 14.7 Å². The summed E-state index contributed by atoms with van der Waals surface area (Å²) in [5.41, 5.74) is 0.0410. The van der Waals surface area contributed by atoms with Crippen molar-refractivity contribution < 1.29 is 9.90 Å². The number of nitrogens with zero attached hydrogens (tertiary/aromatic N) is 2. The van der Waals surface area contributed by atoms with Crippen molar-refractivity contribution in [1.29, 1.82) is 0 Å². The molecule has 0 spiro atoms. The van der Waals surface area contributed by atoms with Crippen molar-refractivity contribution in [2.24, 2.45) is 0 Å². The first-order valence-corrected chi connectivity index (χ1v) is 6.88. The van der Waals surface area contributed by atoms with Gasteiger partial charge < -0.3 is 10.0 Å². The third-order valence-corrected chi connectivity index (χ3v) is 3.22. The fourth-order valence-electron chi connectivity index (χ4n) is 2.17. The maximum Gasteiger partial charge on any atom is 0.278 e. The first-order valence-electron chi connectivity index (χ1n) is 6.88. The van der Waals surface area contributed by atoms with Crippen molar-refractivity contribution in [2.45, 2.75) is 32.9 Å². The summed E-state index contributed by atoms with van der Waals surface area (Å²) in [6, 6.07) is 6.77. The zero-order valence-corrected chi connectivity index (χ0v) is 12.3. The number of rotatable bonds is 4. The van der Waals surface area contributed by atoms with Gasteiger partial charge in [0, 0.05) is 18.0 Å². The van der Waals surface area contributed by atoms with Crippen molar-refractivity contribution in [3.05, 3.63) is 40.2 Å². The van der Waals surface area contributed by atoms with Gasteiger partial charge in [0.1, 0.15) is 0 Å². The monoisotopic (exact) mass is 289 g/mol. The van der Waals surface area contributed by atoms with Crippen LogP contribution in [-0.2, 0) is 0 Å². The standard InChI is InChI=1S/C15H19N3O3/c1-9(2)18(8-10(3)19)15(21)13-14(20)11-6-4-5-7-12(11)16-17-13/h4-7,9-10,19H,8H2,1-3H3,(H,16,20). The molecular formula is C15H19N3O3. The number of amides is 1. The van der Waals surface area contributed by atoms with Crippen LogP contribution < -0.4 is 5.43 Å². The lowest BCUT2D eigenvalue weighted by Gasteiger charge is -2.27. The predicted molar refractivity (Wildman–Crippen MR) is 80.2 cm³/mol. The number of carbonyl (C=O) groups excluding carboxylic acids is 1. The van der Waals surface area contributed by atoms with Gasteiger partial charge >= 0.3 is 0 Å². The molecule has 1 unspecified atom stereocenters. The van der Waals surface area contributed by atoms with Crippen LogP contribution in [0.1, 0.15) is 31.3 Å². The van der Waals surface area contributed by atoms with Crippen LogP contribution in [0.4, 0.5) is 0 Å². The molecule has 1 amide bonds. The van der Waals surface area contributed by atoms with Gasteiger partial charge in [-0.1, -0.05) is 12.1 Å². The summed E-state index contributed by atoms with van der Waals surface area (Å²) < 4.78 is 0. The third-order valence-electron chi connectivity index (χ3n) is 3.22. The van der Waals surface area contributed by atoms with E-state index in [0.717, 1.165) is 0 Å². The lowest BCUT2D eigenvalue weighted by Crippen LogP contribution is -2.43. The summed E-state index contributed by atoms with van der Waals surface area (Å²) in [4.78, 5) is 26.4. The Balaban J connectivity index is 2.47. The minimum Gasteiger partial charge on any atom is -0.392 e. The van der Waals surface area contributed by atoms with E-state index in [-0.39, 0.29) is 18.3 Å². The Morgan fingerprint density at radius 1 is 1.33 bits per heavy atom. The highest BCUT2D eigenvalue weighted by Gasteiger charge is 2.24. The van der Waals surface area contributed by atoms with Crippen molar-refractivity contribution in [1.82, 2.24) is 15.1 Å². The molecule has 21 heavy (non-hydrogen) atoms. The number of aromatic nitrogens is 2. The van der Waals surface area contributed by atoms with Crippen LogP contribution in [0.2, 0.25) is 0 Å². The molecule has 2 N–H and O–H groups in total. The molecule has 0 aliphatic heterocycles. The Morgan fingerprint density at radius 2 is 2.00 bits per heavy atom. The second kappa shape index (κ2) is 6.05. The van der Waals surface area contributed by atoms with Gasteiger partial charge in [-0.2, -0.15) is 5.10 Å². The van der Waals surface area contributed by atoms with E-state index in [1.165, 1.54) is 4.90 Å². The molecule has 1 atom stereocenters. The molecule has 112 valence electrons. The first-order chi connectivity index (χ1) is 9.91. The highest BCUT2D eigenvalue weighted by Crippen LogP contribution is 2.09. The Labute approximate surface area is 122 Å². The Kier molecular flexibility index (Phi) is 4.37. The number of fused-ring (bicyclic) bond motifs is 1.